The molecule has 0 saturated carbocycles. The molecule has 1 rings (SSSR count). The number of hydrogen-bond donors (Lipinski definition) is 2. The van der Waals surface area contributed by atoms with E-state index in [-0.39, 0.29) is 24.2 Å². The number of benzene rings is 1. The number of halogens is 1. The normalized spacial score (nSPS) is 11.2. The highest BCUT2D eigenvalue weighted by molar-refractivity contribution is 7.98. The monoisotopic (exact) mass is 361 g/mol. The second kappa shape index (κ2) is 10.4. The summed E-state index contributed by atoms with van der Waals surface area (Å²) in [6, 6.07) is 4.37. The standard InChI is InChI=1S/C15H23N3O3S.ClH/c1-18(2)15(20)11-9-10(5-6-13(11)21-3)17-14(19)12(16)7-8-22-4;/h5-6,9,12H,7-8,16H2,1-4H3,(H,17,19);1H/t12-;/m0./s1. The maximum Gasteiger partial charge on any atom is 0.257 e. The van der Waals surface area contributed by atoms with E-state index in [1.165, 1.54) is 12.0 Å². The summed E-state index contributed by atoms with van der Waals surface area (Å²) in [6.07, 6.45) is 2.57. The van der Waals surface area contributed by atoms with E-state index in [0.29, 0.717) is 23.4 Å². The quantitative estimate of drug-likeness (QED) is 0.774. The molecule has 0 aliphatic rings. The van der Waals surface area contributed by atoms with Crippen molar-refractivity contribution in [2.45, 2.75) is 12.5 Å². The van der Waals surface area contributed by atoms with Gasteiger partial charge in [-0.05, 0) is 36.6 Å². The summed E-state index contributed by atoms with van der Waals surface area (Å²) in [5.74, 6) is 0.826. The predicted molar refractivity (Wildman–Crippen MR) is 97.9 cm³/mol. The summed E-state index contributed by atoms with van der Waals surface area (Å²) in [6.45, 7) is 0. The van der Waals surface area contributed by atoms with Crippen molar-refractivity contribution in [2.75, 3.05) is 38.5 Å². The number of carbonyl (C=O) groups is 2. The average Bonchev–Trinajstić information content (AvgIpc) is 2.51. The van der Waals surface area contributed by atoms with E-state index < -0.39 is 6.04 Å². The maximum atomic E-state index is 12.1. The van der Waals surface area contributed by atoms with Crippen molar-refractivity contribution in [1.82, 2.24) is 4.90 Å². The van der Waals surface area contributed by atoms with Gasteiger partial charge in [0.05, 0.1) is 18.7 Å². The number of ether oxygens (including phenoxy) is 1. The van der Waals surface area contributed by atoms with E-state index in [4.69, 9.17) is 10.5 Å². The van der Waals surface area contributed by atoms with Crippen LogP contribution in [0.3, 0.4) is 0 Å². The molecule has 0 aromatic heterocycles. The van der Waals surface area contributed by atoms with Crippen LogP contribution in [-0.4, -0.2) is 56.0 Å². The molecule has 2 amide bonds. The van der Waals surface area contributed by atoms with Crippen molar-refractivity contribution >= 4 is 41.7 Å². The Labute approximate surface area is 147 Å². The number of nitrogens with zero attached hydrogens (tertiary/aromatic N) is 1. The molecule has 1 aromatic rings. The summed E-state index contributed by atoms with van der Waals surface area (Å²) in [5, 5.41) is 2.74. The Morgan fingerprint density at radius 2 is 2.04 bits per heavy atom. The van der Waals surface area contributed by atoms with Gasteiger partial charge in [-0.2, -0.15) is 11.8 Å². The molecule has 8 heteroatoms. The number of thioether (sulfide) groups is 1. The van der Waals surface area contributed by atoms with Crippen molar-refractivity contribution in [2.24, 2.45) is 5.73 Å². The van der Waals surface area contributed by atoms with E-state index in [1.807, 2.05) is 6.26 Å². The molecule has 130 valence electrons. The summed E-state index contributed by atoms with van der Waals surface area (Å²) in [5.41, 5.74) is 6.74. The minimum absolute atomic E-state index is 0. The molecule has 6 nitrogen and oxygen atoms in total. The third-order valence-electron chi connectivity index (χ3n) is 3.07. The number of amides is 2. The first-order valence-corrected chi connectivity index (χ1v) is 8.25. The molecule has 1 atom stereocenters. The van der Waals surface area contributed by atoms with Crippen LogP contribution in [0.4, 0.5) is 5.69 Å². The molecule has 0 aliphatic heterocycles. The fourth-order valence-corrected chi connectivity index (χ4v) is 2.29. The number of rotatable bonds is 7. The molecule has 3 N–H and O–H groups in total. The van der Waals surface area contributed by atoms with Crippen molar-refractivity contribution in [3.63, 3.8) is 0 Å². The highest BCUT2D eigenvalue weighted by Crippen LogP contribution is 2.23. The van der Waals surface area contributed by atoms with Crippen LogP contribution in [0.25, 0.3) is 0 Å². The Bertz CT molecular complexity index is 541. The van der Waals surface area contributed by atoms with Crippen LogP contribution in [-0.2, 0) is 4.79 Å². The summed E-state index contributed by atoms with van der Waals surface area (Å²) < 4.78 is 5.19. The number of hydrogen-bond acceptors (Lipinski definition) is 5. The fourth-order valence-electron chi connectivity index (χ4n) is 1.80. The van der Waals surface area contributed by atoms with Gasteiger partial charge in [-0.25, -0.2) is 0 Å². The molecular formula is C15H24ClN3O3S. The van der Waals surface area contributed by atoms with E-state index >= 15 is 0 Å². The zero-order valence-corrected chi connectivity index (χ0v) is 15.4. The third-order valence-corrected chi connectivity index (χ3v) is 3.72. The lowest BCUT2D eigenvalue weighted by atomic mass is 10.1. The zero-order chi connectivity index (χ0) is 16.7. The van der Waals surface area contributed by atoms with Gasteiger partial charge in [-0.3, -0.25) is 9.59 Å². The summed E-state index contributed by atoms with van der Waals surface area (Å²) in [4.78, 5) is 25.6. The zero-order valence-electron chi connectivity index (χ0n) is 13.8. The third kappa shape index (κ3) is 6.29. The number of methoxy groups -OCH3 is 1. The second-order valence-corrected chi connectivity index (χ2v) is 5.98. The van der Waals surface area contributed by atoms with Gasteiger partial charge in [0.1, 0.15) is 5.75 Å². The molecule has 0 bridgehead atoms. The maximum absolute atomic E-state index is 12.1. The Morgan fingerprint density at radius 1 is 1.39 bits per heavy atom. The van der Waals surface area contributed by atoms with Crippen LogP contribution in [0.2, 0.25) is 0 Å². The topological polar surface area (TPSA) is 84.7 Å². The van der Waals surface area contributed by atoms with Crippen LogP contribution in [0.15, 0.2) is 18.2 Å². The van der Waals surface area contributed by atoms with Gasteiger partial charge < -0.3 is 20.7 Å². The van der Waals surface area contributed by atoms with Gasteiger partial charge in [0.2, 0.25) is 5.91 Å². The SMILES string of the molecule is COc1ccc(NC(=O)[C@@H](N)CCSC)cc1C(=O)N(C)C.Cl. The Hall–Kier alpha value is -1.44. The molecule has 0 saturated heterocycles. The molecule has 0 spiro atoms. The predicted octanol–water partition coefficient (Wildman–Crippen LogP) is 1.84. The molecule has 1 aromatic carbocycles. The van der Waals surface area contributed by atoms with Crippen LogP contribution in [0.1, 0.15) is 16.8 Å². The van der Waals surface area contributed by atoms with Gasteiger partial charge in [0.15, 0.2) is 0 Å². The molecule has 0 unspecified atom stereocenters. The number of nitrogens with two attached hydrogens (primary N) is 1. The van der Waals surface area contributed by atoms with Gasteiger partial charge >= 0.3 is 0 Å². The highest BCUT2D eigenvalue weighted by atomic mass is 35.5. The number of carbonyl (C=O) groups excluding carboxylic acids is 2. The largest absolute Gasteiger partial charge is 0.496 e. The lowest BCUT2D eigenvalue weighted by Crippen LogP contribution is -2.36. The van der Waals surface area contributed by atoms with Crippen molar-refractivity contribution in [3.05, 3.63) is 23.8 Å². The van der Waals surface area contributed by atoms with E-state index in [1.54, 1.807) is 44.1 Å². The summed E-state index contributed by atoms with van der Waals surface area (Å²) >= 11 is 1.64. The molecule has 0 radical (unpaired) electrons. The molecule has 0 heterocycles. The smallest absolute Gasteiger partial charge is 0.257 e. The average molecular weight is 362 g/mol. The number of anilines is 1. The van der Waals surface area contributed by atoms with E-state index in [9.17, 15) is 9.59 Å². The molecule has 0 aliphatic carbocycles. The van der Waals surface area contributed by atoms with Gasteiger partial charge in [-0.1, -0.05) is 0 Å². The Balaban J connectivity index is 0.00000484. The van der Waals surface area contributed by atoms with Crippen molar-refractivity contribution in [1.29, 1.82) is 0 Å². The van der Waals surface area contributed by atoms with Crippen LogP contribution in [0, 0.1) is 0 Å². The first-order valence-electron chi connectivity index (χ1n) is 6.85. The first-order chi connectivity index (χ1) is 10.4. The van der Waals surface area contributed by atoms with Gasteiger partial charge in [0.25, 0.3) is 5.91 Å². The minimum Gasteiger partial charge on any atom is -0.496 e. The lowest BCUT2D eigenvalue weighted by Gasteiger charge is -2.16. The Morgan fingerprint density at radius 3 is 2.57 bits per heavy atom. The number of nitrogens with one attached hydrogen (secondary N) is 1. The van der Waals surface area contributed by atoms with Gasteiger partial charge in [0, 0.05) is 19.8 Å². The molecule has 0 fully saturated rings. The van der Waals surface area contributed by atoms with Crippen LogP contribution < -0.4 is 15.8 Å². The highest BCUT2D eigenvalue weighted by Gasteiger charge is 2.17. The minimum atomic E-state index is -0.567. The van der Waals surface area contributed by atoms with E-state index in [0.717, 1.165) is 5.75 Å². The summed E-state index contributed by atoms with van der Waals surface area (Å²) in [7, 11) is 4.81. The lowest BCUT2D eigenvalue weighted by molar-refractivity contribution is -0.117. The molecule has 23 heavy (non-hydrogen) atoms. The van der Waals surface area contributed by atoms with E-state index in [2.05, 4.69) is 5.32 Å². The van der Waals surface area contributed by atoms with Crippen molar-refractivity contribution in [3.8, 4) is 5.75 Å². The molecular weight excluding hydrogens is 338 g/mol. The van der Waals surface area contributed by atoms with Crippen LogP contribution in [0.5, 0.6) is 5.75 Å². The van der Waals surface area contributed by atoms with Gasteiger partial charge in [-0.15, -0.1) is 12.4 Å². The first kappa shape index (κ1) is 21.6. The fraction of sp³-hybridized carbons (Fsp3) is 0.467. The van der Waals surface area contributed by atoms with Crippen LogP contribution >= 0.6 is 24.2 Å². The van der Waals surface area contributed by atoms with Crippen molar-refractivity contribution < 1.29 is 14.3 Å². The Kier molecular flexibility index (Phi) is 9.71. The second-order valence-electron chi connectivity index (χ2n) is 4.99.